The lowest BCUT2D eigenvalue weighted by molar-refractivity contribution is 0.276. The van der Waals surface area contributed by atoms with Crippen LogP contribution in [0.2, 0.25) is 0 Å². The molecule has 1 aromatic heterocycles. The zero-order valence-corrected chi connectivity index (χ0v) is 15.7. The monoisotopic (exact) mass is 373 g/mol. The van der Waals surface area contributed by atoms with Gasteiger partial charge in [-0.15, -0.1) is 11.8 Å². The molecule has 6 nitrogen and oxygen atoms in total. The van der Waals surface area contributed by atoms with Crippen molar-refractivity contribution in [3.05, 3.63) is 17.6 Å². The lowest BCUT2D eigenvalue weighted by atomic mass is 10.2. The molecule has 0 unspecified atom stereocenters. The van der Waals surface area contributed by atoms with Gasteiger partial charge in [0.25, 0.3) is 0 Å². The Morgan fingerprint density at radius 3 is 2.08 bits per heavy atom. The third-order valence-corrected chi connectivity index (χ3v) is 4.62. The van der Waals surface area contributed by atoms with E-state index in [1.807, 2.05) is 6.92 Å². The second kappa shape index (κ2) is 11.8. The lowest BCUT2D eigenvalue weighted by Gasteiger charge is -2.20. The molecule has 0 aliphatic heterocycles. The summed E-state index contributed by atoms with van der Waals surface area (Å²) in [5.41, 5.74) is 0.379. The first-order valence-corrected chi connectivity index (χ1v) is 8.81. The summed E-state index contributed by atoms with van der Waals surface area (Å²) in [6, 6.07) is 1.41. The molecule has 0 spiro atoms. The van der Waals surface area contributed by atoms with E-state index in [1.54, 1.807) is 27.7 Å². The second-order valence-corrected chi connectivity index (χ2v) is 8.65. The number of hydrogen-bond donors (Lipinski definition) is 2. The maximum absolute atomic E-state index is 11.9. The molecule has 0 radical (unpaired) electrons. The van der Waals surface area contributed by atoms with Crippen LogP contribution in [0, 0.1) is 24.7 Å². The number of anilines is 1. The Hall–Kier alpha value is -1.65. The van der Waals surface area contributed by atoms with Crippen molar-refractivity contribution in [1.29, 1.82) is 0 Å². The fourth-order valence-corrected chi connectivity index (χ4v) is 2.03. The average Bonchev–Trinajstić information content (AvgIpc) is 2.36. The summed E-state index contributed by atoms with van der Waals surface area (Å²) in [6.45, 7) is 12.2. The highest BCUT2D eigenvalue weighted by Crippen LogP contribution is 2.18. The predicted octanol–water partition coefficient (Wildman–Crippen LogP) is 3.76. The summed E-state index contributed by atoms with van der Waals surface area (Å²) in [5.74, 6) is 6.90. The smallest absolute Gasteiger partial charge is 0.238 e. The number of nitrogens with zero attached hydrogens (tertiary/aromatic N) is 2. The van der Waals surface area contributed by atoms with E-state index in [-0.39, 0.29) is 27.3 Å². The largest absolute Gasteiger partial charge is 0.390 e. The van der Waals surface area contributed by atoms with Crippen molar-refractivity contribution in [2.24, 2.45) is 5.92 Å². The van der Waals surface area contributed by atoms with E-state index in [9.17, 15) is 8.42 Å². The van der Waals surface area contributed by atoms with E-state index < -0.39 is 14.8 Å². The molecular formula is C18H35N3O3S. The van der Waals surface area contributed by atoms with E-state index in [2.05, 4.69) is 40.4 Å². The van der Waals surface area contributed by atoms with Crippen LogP contribution in [0.1, 0.15) is 67.9 Å². The van der Waals surface area contributed by atoms with E-state index in [1.165, 1.54) is 6.07 Å². The van der Waals surface area contributed by atoms with Gasteiger partial charge in [0.1, 0.15) is 11.6 Å². The topological polar surface area (TPSA) is 92.2 Å². The Kier molecular flexibility index (Phi) is 13.3. The predicted molar refractivity (Wildman–Crippen MR) is 107 cm³/mol. The molecule has 0 aromatic carbocycles. The highest BCUT2D eigenvalue weighted by molar-refractivity contribution is 7.94. The molecule has 0 aliphatic carbocycles. The van der Waals surface area contributed by atoms with Gasteiger partial charge in [-0.2, -0.15) is 0 Å². The van der Waals surface area contributed by atoms with Crippen molar-refractivity contribution in [3.8, 4) is 11.8 Å². The summed E-state index contributed by atoms with van der Waals surface area (Å²) in [5, 5.41) is 8.98. The second-order valence-electron chi connectivity index (χ2n) is 6.22. The van der Waals surface area contributed by atoms with E-state index >= 15 is 0 Å². The number of rotatable bonds is 3. The van der Waals surface area contributed by atoms with Gasteiger partial charge in [-0.1, -0.05) is 28.7 Å². The van der Waals surface area contributed by atoms with Crippen LogP contribution in [0.25, 0.3) is 0 Å². The molecule has 0 fully saturated rings. The molecule has 7 heteroatoms. The van der Waals surface area contributed by atoms with Gasteiger partial charge in [-0.3, -0.25) is 4.72 Å². The molecule has 0 saturated heterocycles. The molecule has 1 rings (SSSR count). The van der Waals surface area contributed by atoms with Gasteiger partial charge in [0.15, 0.2) is 0 Å². The molecule has 1 aromatic rings. The van der Waals surface area contributed by atoms with Gasteiger partial charge in [0.05, 0.1) is 17.0 Å². The SMILES string of the molecule is C.C.CC#CC(C)C.Cc1nc(CO)cc(NS(=O)(=O)C(C)(C)C)n1. The Balaban J connectivity index is -0.000000525. The molecule has 1 heterocycles. The highest BCUT2D eigenvalue weighted by atomic mass is 32.2. The van der Waals surface area contributed by atoms with Crippen molar-refractivity contribution >= 4 is 15.8 Å². The number of nitrogens with one attached hydrogen (secondary N) is 1. The zero-order chi connectivity index (χ0) is 18.3. The number of aryl methyl sites for hydroxylation is 1. The third-order valence-electron chi connectivity index (χ3n) is 2.53. The van der Waals surface area contributed by atoms with Gasteiger partial charge < -0.3 is 5.11 Å². The fourth-order valence-electron chi connectivity index (χ4n) is 1.34. The summed E-state index contributed by atoms with van der Waals surface area (Å²) >= 11 is 0. The minimum absolute atomic E-state index is 0. The Labute approximate surface area is 154 Å². The normalized spacial score (nSPS) is 10.3. The minimum atomic E-state index is -3.51. The average molecular weight is 374 g/mol. The van der Waals surface area contributed by atoms with Crippen LogP contribution < -0.4 is 4.72 Å². The van der Waals surface area contributed by atoms with Crippen molar-refractivity contribution in [3.63, 3.8) is 0 Å². The van der Waals surface area contributed by atoms with Crippen LogP contribution in [0.3, 0.4) is 0 Å². The number of aromatic nitrogens is 2. The summed E-state index contributed by atoms with van der Waals surface area (Å²) in [7, 11) is -3.51. The molecule has 0 aliphatic rings. The number of aliphatic hydroxyl groups is 1. The van der Waals surface area contributed by atoms with Gasteiger partial charge in [0.2, 0.25) is 10.0 Å². The van der Waals surface area contributed by atoms with E-state index in [0.717, 1.165) is 0 Å². The number of aliphatic hydroxyl groups excluding tert-OH is 1. The van der Waals surface area contributed by atoms with Gasteiger partial charge in [-0.05, 0) is 34.6 Å². The first-order valence-electron chi connectivity index (χ1n) is 7.33. The molecule has 0 atom stereocenters. The molecule has 0 saturated carbocycles. The van der Waals surface area contributed by atoms with E-state index in [0.29, 0.717) is 17.4 Å². The number of hydrogen-bond acceptors (Lipinski definition) is 5. The zero-order valence-electron chi connectivity index (χ0n) is 14.9. The molecular weight excluding hydrogens is 338 g/mol. The quantitative estimate of drug-likeness (QED) is 0.787. The van der Waals surface area contributed by atoms with Crippen molar-refractivity contribution in [2.45, 2.75) is 74.7 Å². The minimum Gasteiger partial charge on any atom is -0.390 e. The first-order chi connectivity index (χ1) is 10.4. The van der Waals surface area contributed by atoms with Gasteiger partial charge >= 0.3 is 0 Å². The van der Waals surface area contributed by atoms with Gasteiger partial charge in [0, 0.05) is 12.0 Å². The van der Waals surface area contributed by atoms with Gasteiger partial charge in [-0.25, -0.2) is 18.4 Å². The lowest BCUT2D eigenvalue weighted by Crippen LogP contribution is -2.34. The van der Waals surface area contributed by atoms with Crippen LogP contribution in [0.15, 0.2) is 6.07 Å². The summed E-state index contributed by atoms with van der Waals surface area (Å²) in [4.78, 5) is 7.92. The van der Waals surface area contributed by atoms with Crippen LogP contribution in [-0.2, 0) is 16.6 Å². The van der Waals surface area contributed by atoms with Crippen LogP contribution in [0.4, 0.5) is 5.82 Å². The highest BCUT2D eigenvalue weighted by Gasteiger charge is 2.29. The van der Waals surface area contributed by atoms with Crippen LogP contribution in [-0.4, -0.2) is 28.2 Å². The standard InChI is InChI=1S/C10H17N3O3S.C6H10.2CH4/c1-7-11-8(6-14)5-9(12-7)13-17(15,16)10(2,3)4;1-4-5-6(2)3;;/h5,14H,6H2,1-4H3,(H,11,12,13);6H,1-3H3;2*1H4. The Morgan fingerprint density at radius 1 is 1.24 bits per heavy atom. The van der Waals surface area contributed by atoms with E-state index in [4.69, 9.17) is 5.11 Å². The summed E-state index contributed by atoms with van der Waals surface area (Å²) < 4.78 is 25.3. The molecule has 25 heavy (non-hydrogen) atoms. The molecule has 146 valence electrons. The molecule has 2 N–H and O–H groups in total. The van der Waals surface area contributed by atoms with Crippen molar-refractivity contribution in [1.82, 2.24) is 9.97 Å². The Bertz CT molecular complexity index is 667. The maximum Gasteiger partial charge on any atom is 0.238 e. The Morgan fingerprint density at radius 2 is 1.76 bits per heavy atom. The van der Waals surface area contributed by atoms with Crippen molar-refractivity contribution < 1.29 is 13.5 Å². The van der Waals surface area contributed by atoms with Crippen LogP contribution >= 0.6 is 0 Å². The maximum atomic E-state index is 11.9. The number of sulfonamides is 1. The van der Waals surface area contributed by atoms with Crippen LogP contribution in [0.5, 0.6) is 0 Å². The molecule has 0 bridgehead atoms. The molecule has 0 amide bonds. The fraction of sp³-hybridized carbons (Fsp3) is 0.667. The summed E-state index contributed by atoms with van der Waals surface area (Å²) in [6.07, 6.45) is 0. The third kappa shape index (κ3) is 10.7. The first kappa shape index (κ1) is 28.2. The van der Waals surface area contributed by atoms with Crippen molar-refractivity contribution in [2.75, 3.05) is 4.72 Å².